The van der Waals surface area contributed by atoms with Crippen LogP contribution in [0.2, 0.25) is 0 Å². The molecule has 0 aromatic heterocycles. The molecule has 0 saturated heterocycles. The third-order valence-electron chi connectivity index (χ3n) is 6.96. The van der Waals surface area contributed by atoms with E-state index in [4.69, 9.17) is 4.74 Å². The van der Waals surface area contributed by atoms with Gasteiger partial charge in [-0.1, -0.05) is 108 Å². The van der Waals surface area contributed by atoms with Gasteiger partial charge in [-0.15, -0.1) is 0 Å². The second-order valence-corrected chi connectivity index (χ2v) is 10.1. The van der Waals surface area contributed by atoms with E-state index in [2.05, 4.69) is 5.43 Å². The van der Waals surface area contributed by atoms with Crippen LogP contribution in [0.15, 0.2) is 133 Å². The predicted octanol–water partition coefficient (Wildman–Crippen LogP) is 6.14. The molecule has 214 valence electrons. The Bertz CT molecular complexity index is 1720. The van der Waals surface area contributed by atoms with Crippen molar-refractivity contribution in [3.63, 3.8) is 0 Å². The van der Waals surface area contributed by atoms with Crippen molar-refractivity contribution in [3.8, 4) is 5.75 Å². The molecule has 0 unspecified atom stereocenters. The number of amides is 2. The number of rotatable bonds is 7. The molecule has 2 amide bonds. The van der Waals surface area contributed by atoms with Crippen molar-refractivity contribution < 1.29 is 24.2 Å². The van der Waals surface area contributed by atoms with Crippen molar-refractivity contribution >= 4 is 23.5 Å². The van der Waals surface area contributed by atoms with Crippen LogP contribution in [0.1, 0.15) is 43.0 Å². The highest BCUT2D eigenvalue weighted by atomic mass is 16.5. The van der Waals surface area contributed by atoms with E-state index in [0.717, 1.165) is 16.1 Å². The molecule has 0 fully saturated rings. The van der Waals surface area contributed by atoms with Gasteiger partial charge in [0.05, 0.1) is 16.8 Å². The first-order valence-electron chi connectivity index (χ1n) is 13.7. The van der Waals surface area contributed by atoms with Gasteiger partial charge in [-0.25, -0.2) is 9.80 Å². The first-order valence-corrected chi connectivity index (χ1v) is 13.7. The summed E-state index contributed by atoms with van der Waals surface area (Å²) in [7, 11) is 0. The van der Waals surface area contributed by atoms with Gasteiger partial charge in [0.15, 0.2) is 5.60 Å². The Kier molecular flexibility index (Phi) is 8.46. The largest absolute Gasteiger partial charge is 0.423 e. The number of nitrogens with one attached hydrogen (secondary N) is 1. The normalized spacial score (nSPS) is 11.0. The Labute approximate surface area is 250 Å². The van der Waals surface area contributed by atoms with E-state index in [1.165, 1.54) is 12.1 Å². The Morgan fingerprint density at radius 1 is 0.651 bits per heavy atom. The molecule has 7 nitrogen and oxygen atoms in total. The van der Waals surface area contributed by atoms with E-state index in [1.807, 2.05) is 26.0 Å². The smallest absolute Gasteiger partial charge is 0.344 e. The lowest BCUT2D eigenvalue weighted by Crippen LogP contribution is -2.54. The van der Waals surface area contributed by atoms with Crippen LogP contribution in [0.25, 0.3) is 0 Å². The van der Waals surface area contributed by atoms with Gasteiger partial charge < -0.3 is 9.84 Å². The lowest BCUT2D eigenvalue weighted by atomic mass is 9.84. The molecular weight excluding hydrogens is 540 g/mol. The van der Waals surface area contributed by atoms with Crippen molar-refractivity contribution in [2.24, 2.45) is 0 Å². The number of nitrogens with zero attached hydrogens (tertiary/aromatic N) is 1. The van der Waals surface area contributed by atoms with Gasteiger partial charge >= 0.3 is 5.97 Å². The number of hydrogen-bond acceptors (Lipinski definition) is 5. The van der Waals surface area contributed by atoms with E-state index in [0.29, 0.717) is 22.6 Å². The van der Waals surface area contributed by atoms with E-state index in [1.54, 1.807) is 109 Å². The average molecular weight is 571 g/mol. The number of hydrazine groups is 1. The quantitative estimate of drug-likeness (QED) is 0.139. The van der Waals surface area contributed by atoms with Crippen LogP contribution in [0.5, 0.6) is 5.75 Å². The van der Waals surface area contributed by atoms with Crippen molar-refractivity contribution in [2.75, 3.05) is 5.01 Å². The van der Waals surface area contributed by atoms with Crippen LogP contribution >= 0.6 is 0 Å². The van der Waals surface area contributed by atoms with Crippen molar-refractivity contribution in [1.29, 1.82) is 0 Å². The summed E-state index contributed by atoms with van der Waals surface area (Å²) in [5.74, 6) is -1.96. The Balaban J connectivity index is 1.56. The number of hydrogen-bond donors (Lipinski definition) is 2. The SMILES string of the molecule is Cc1cccc(C(O)(C(=O)NN(C(=O)c2ccccc2C(=O)Oc2ccccc2)c2ccccc2)c2cccc(C)c2)c1. The maximum atomic E-state index is 14.2. The van der Waals surface area contributed by atoms with E-state index in [9.17, 15) is 19.5 Å². The number of aliphatic hydroxyl groups is 1. The summed E-state index contributed by atoms with van der Waals surface area (Å²) in [5.41, 5.74) is 3.21. The van der Waals surface area contributed by atoms with Crippen molar-refractivity contribution in [1.82, 2.24) is 5.43 Å². The molecule has 5 rings (SSSR count). The molecule has 7 heteroatoms. The van der Waals surface area contributed by atoms with Gasteiger partial charge in [0.25, 0.3) is 11.8 Å². The lowest BCUT2D eigenvalue weighted by molar-refractivity contribution is -0.136. The summed E-state index contributed by atoms with van der Waals surface area (Å²) in [6.45, 7) is 3.73. The van der Waals surface area contributed by atoms with Crippen LogP contribution in [0, 0.1) is 13.8 Å². The van der Waals surface area contributed by atoms with Gasteiger partial charge in [-0.05, 0) is 61.4 Å². The molecule has 0 saturated carbocycles. The summed E-state index contributed by atoms with van der Waals surface area (Å²) < 4.78 is 5.51. The zero-order chi connectivity index (χ0) is 30.4. The molecule has 5 aromatic carbocycles. The molecule has 0 radical (unpaired) electrons. The van der Waals surface area contributed by atoms with Crippen LogP contribution in [0.4, 0.5) is 5.69 Å². The Hall–Kier alpha value is -5.53. The molecule has 0 aliphatic rings. The van der Waals surface area contributed by atoms with E-state index >= 15 is 0 Å². The maximum absolute atomic E-state index is 14.2. The van der Waals surface area contributed by atoms with Crippen LogP contribution in [0.3, 0.4) is 0 Å². The fourth-order valence-electron chi connectivity index (χ4n) is 4.78. The maximum Gasteiger partial charge on any atom is 0.344 e. The van der Waals surface area contributed by atoms with Gasteiger partial charge in [0.1, 0.15) is 5.75 Å². The molecular formula is C36H30N2O5. The lowest BCUT2D eigenvalue weighted by Gasteiger charge is -2.32. The highest BCUT2D eigenvalue weighted by Crippen LogP contribution is 2.32. The number of para-hydroxylation sites is 2. The molecule has 5 aromatic rings. The topological polar surface area (TPSA) is 95.9 Å². The van der Waals surface area contributed by atoms with Crippen LogP contribution in [-0.2, 0) is 10.4 Å². The predicted molar refractivity (Wildman–Crippen MR) is 165 cm³/mol. The van der Waals surface area contributed by atoms with Gasteiger partial charge in [-0.2, -0.15) is 0 Å². The number of carbonyl (C=O) groups excluding carboxylic acids is 3. The molecule has 0 aliphatic heterocycles. The minimum absolute atomic E-state index is 0.00207. The average Bonchev–Trinajstić information content (AvgIpc) is 3.03. The zero-order valence-corrected chi connectivity index (χ0v) is 23.7. The van der Waals surface area contributed by atoms with Gasteiger partial charge in [0.2, 0.25) is 0 Å². The summed E-state index contributed by atoms with van der Waals surface area (Å²) in [5, 5.41) is 13.2. The number of ether oxygens (including phenoxy) is 1. The van der Waals surface area contributed by atoms with Crippen LogP contribution < -0.4 is 15.2 Å². The monoisotopic (exact) mass is 570 g/mol. The molecule has 43 heavy (non-hydrogen) atoms. The van der Waals surface area contributed by atoms with Gasteiger partial charge in [-0.3, -0.25) is 15.0 Å². The van der Waals surface area contributed by atoms with E-state index in [-0.39, 0.29) is 11.1 Å². The third kappa shape index (κ3) is 6.22. The molecule has 0 heterocycles. The first kappa shape index (κ1) is 29.0. The number of carbonyl (C=O) groups is 3. The fraction of sp³-hybridized carbons (Fsp3) is 0.0833. The summed E-state index contributed by atoms with van der Waals surface area (Å²) in [4.78, 5) is 41.6. The number of anilines is 1. The zero-order valence-electron chi connectivity index (χ0n) is 23.7. The minimum Gasteiger partial charge on any atom is -0.423 e. The van der Waals surface area contributed by atoms with Crippen molar-refractivity contribution in [3.05, 3.63) is 167 Å². The minimum atomic E-state index is -2.16. The molecule has 0 bridgehead atoms. The number of aryl methyl sites for hydroxylation is 2. The summed E-state index contributed by atoms with van der Waals surface area (Å²) in [6, 6.07) is 37.3. The second kappa shape index (κ2) is 12.5. The summed E-state index contributed by atoms with van der Waals surface area (Å²) >= 11 is 0. The van der Waals surface area contributed by atoms with E-state index < -0.39 is 23.4 Å². The van der Waals surface area contributed by atoms with Gasteiger partial charge in [0, 0.05) is 0 Å². The number of esters is 1. The molecule has 2 N–H and O–H groups in total. The standard InChI is InChI=1S/C36H30N2O5/c1-25-13-11-15-27(23-25)36(42,28-16-12-14-26(2)24-28)35(41)37-38(29-17-5-3-6-18-29)33(39)31-21-9-10-22-32(31)34(40)43-30-19-7-4-8-20-30/h3-24,42H,1-2H3,(H,37,41). The second-order valence-electron chi connectivity index (χ2n) is 10.1. The molecule has 0 aliphatic carbocycles. The molecule has 0 atom stereocenters. The molecule has 0 spiro atoms. The Morgan fingerprint density at radius 2 is 1.16 bits per heavy atom. The summed E-state index contributed by atoms with van der Waals surface area (Å²) in [6.07, 6.45) is 0. The first-order chi connectivity index (χ1) is 20.8. The van der Waals surface area contributed by atoms with Crippen LogP contribution in [-0.4, -0.2) is 22.9 Å². The fourth-order valence-corrected chi connectivity index (χ4v) is 4.78. The number of benzene rings is 5. The Morgan fingerprint density at radius 3 is 1.72 bits per heavy atom. The van der Waals surface area contributed by atoms with Crippen molar-refractivity contribution in [2.45, 2.75) is 19.4 Å². The third-order valence-corrected chi connectivity index (χ3v) is 6.96. The highest BCUT2D eigenvalue weighted by Gasteiger charge is 2.42. The highest BCUT2D eigenvalue weighted by molar-refractivity contribution is 6.13.